The van der Waals surface area contributed by atoms with E-state index < -0.39 is 24.1 Å². The van der Waals surface area contributed by atoms with Gasteiger partial charge in [-0.25, -0.2) is 0 Å². The van der Waals surface area contributed by atoms with Gasteiger partial charge in [-0.3, -0.25) is 9.48 Å². The second kappa shape index (κ2) is 8.31. The van der Waals surface area contributed by atoms with Gasteiger partial charge in [0, 0.05) is 29.8 Å². The van der Waals surface area contributed by atoms with Crippen LogP contribution in [0.5, 0.6) is 0 Å². The number of fused-ring (bicyclic) bond motifs is 1. The van der Waals surface area contributed by atoms with Gasteiger partial charge in [-0.15, -0.1) is 0 Å². The Balaban J connectivity index is 1.70. The van der Waals surface area contributed by atoms with Gasteiger partial charge in [0.25, 0.3) is 5.89 Å². The molecule has 0 radical (unpaired) electrons. The van der Waals surface area contributed by atoms with Crippen LogP contribution >= 0.6 is 0 Å². The van der Waals surface area contributed by atoms with Crippen molar-refractivity contribution in [2.45, 2.75) is 65.6 Å². The zero-order chi connectivity index (χ0) is 24.0. The standard InChI is InChI=1S/C23H25F3N4O3/c1-4-30-17-12-22(2,3)10-9-15(17)19(28-30)21-27-20(29-33-21)14-6-5-13(7-8-18(31)32)16(11-14)23(24,25)26/h5-6,11H,4,7-10,12H2,1-3H3,(H,31,32). The Morgan fingerprint density at radius 3 is 2.73 bits per heavy atom. The largest absolute Gasteiger partial charge is 0.481 e. The lowest BCUT2D eigenvalue weighted by molar-refractivity contribution is -0.140. The molecule has 1 aromatic carbocycles. The molecule has 176 valence electrons. The molecule has 0 aliphatic heterocycles. The van der Waals surface area contributed by atoms with E-state index in [0.29, 0.717) is 12.2 Å². The average molecular weight is 462 g/mol. The Hall–Kier alpha value is -3.17. The maximum atomic E-state index is 13.6. The van der Waals surface area contributed by atoms with E-state index in [2.05, 4.69) is 29.1 Å². The zero-order valence-corrected chi connectivity index (χ0v) is 18.7. The summed E-state index contributed by atoms with van der Waals surface area (Å²) < 4.78 is 48.2. The summed E-state index contributed by atoms with van der Waals surface area (Å²) in [5.74, 6) is -0.957. The van der Waals surface area contributed by atoms with Gasteiger partial charge in [-0.2, -0.15) is 23.3 Å². The minimum atomic E-state index is -4.64. The predicted molar refractivity (Wildman–Crippen MR) is 113 cm³/mol. The molecule has 1 aliphatic rings. The van der Waals surface area contributed by atoms with Crippen LogP contribution in [0.25, 0.3) is 23.0 Å². The molecule has 3 aromatic rings. The van der Waals surface area contributed by atoms with E-state index in [4.69, 9.17) is 9.63 Å². The van der Waals surface area contributed by atoms with E-state index in [0.717, 1.165) is 36.6 Å². The molecule has 0 fully saturated rings. The Morgan fingerprint density at radius 1 is 1.30 bits per heavy atom. The first-order chi connectivity index (χ1) is 15.5. The summed E-state index contributed by atoms with van der Waals surface area (Å²) in [5.41, 5.74) is 2.07. The fourth-order valence-corrected chi connectivity index (χ4v) is 4.31. The van der Waals surface area contributed by atoms with Crippen molar-refractivity contribution < 1.29 is 27.6 Å². The first kappa shape index (κ1) is 23.0. The highest BCUT2D eigenvalue weighted by molar-refractivity contribution is 5.67. The molecule has 1 aliphatic carbocycles. The van der Waals surface area contributed by atoms with Crippen molar-refractivity contribution in [1.82, 2.24) is 19.9 Å². The van der Waals surface area contributed by atoms with Crippen LogP contribution in [0.2, 0.25) is 0 Å². The number of nitrogens with zero attached hydrogens (tertiary/aromatic N) is 4. The number of aromatic nitrogens is 4. The van der Waals surface area contributed by atoms with Gasteiger partial charge in [0.1, 0.15) is 0 Å². The number of aryl methyl sites for hydroxylation is 2. The van der Waals surface area contributed by atoms with Crippen molar-refractivity contribution in [3.63, 3.8) is 0 Å². The summed E-state index contributed by atoms with van der Waals surface area (Å²) in [7, 11) is 0. The molecule has 0 bridgehead atoms. The van der Waals surface area contributed by atoms with Gasteiger partial charge >= 0.3 is 12.1 Å². The van der Waals surface area contributed by atoms with Gasteiger partial charge in [-0.05, 0) is 49.7 Å². The van der Waals surface area contributed by atoms with Gasteiger partial charge in [-0.1, -0.05) is 31.1 Å². The molecule has 2 aromatic heterocycles. The highest BCUT2D eigenvalue weighted by atomic mass is 19.4. The minimum Gasteiger partial charge on any atom is -0.481 e. The van der Waals surface area contributed by atoms with E-state index >= 15 is 0 Å². The number of aliphatic carboxylic acids is 1. The second-order valence-electron chi connectivity index (χ2n) is 9.12. The summed E-state index contributed by atoms with van der Waals surface area (Å²) in [4.78, 5) is 15.2. The molecule has 7 nitrogen and oxygen atoms in total. The molecule has 0 saturated heterocycles. The molecule has 1 N–H and O–H groups in total. The first-order valence-electron chi connectivity index (χ1n) is 10.8. The van der Waals surface area contributed by atoms with Crippen LogP contribution in [0.15, 0.2) is 22.7 Å². The number of rotatable bonds is 6. The zero-order valence-electron chi connectivity index (χ0n) is 18.7. The highest BCUT2D eigenvalue weighted by Crippen LogP contribution is 2.39. The SMILES string of the molecule is CCn1nc(-c2nc(-c3ccc(CCC(=O)O)c(C(F)(F)F)c3)no2)c2c1CC(C)(C)CC2. The van der Waals surface area contributed by atoms with E-state index in [1.807, 2.05) is 11.6 Å². The summed E-state index contributed by atoms with van der Waals surface area (Å²) >= 11 is 0. The second-order valence-corrected chi connectivity index (χ2v) is 9.12. The van der Waals surface area contributed by atoms with Crippen LogP contribution in [0.4, 0.5) is 13.2 Å². The highest BCUT2D eigenvalue weighted by Gasteiger charge is 2.35. The molecule has 0 saturated carbocycles. The summed E-state index contributed by atoms with van der Waals surface area (Å²) in [5, 5.41) is 17.4. The number of halogens is 3. The Labute approximate surface area is 188 Å². The third-order valence-electron chi connectivity index (χ3n) is 6.07. The average Bonchev–Trinajstić information content (AvgIpc) is 3.35. The topological polar surface area (TPSA) is 94.0 Å². The molecule has 4 rings (SSSR count). The molecule has 0 amide bonds. The third-order valence-corrected chi connectivity index (χ3v) is 6.07. The monoisotopic (exact) mass is 462 g/mol. The van der Waals surface area contributed by atoms with Crippen LogP contribution in [0.3, 0.4) is 0 Å². The predicted octanol–water partition coefficient (Wildman–Crippen LogP) is 5.17. The quantitative estimate of drug-likeness (QED) is 0.543. The van der Waals surface area contributed by atoms with Gasteiger partial charge in [0.05, 0.1) is 5.56 Å². The van der Waals surface area contributed by atoms with Crippen molar-refractivity contribution in [3.8, 4) is 23.0 Å². The minimum absolute atomic E-state index is 0.0243. The fraction of sp³-hybridized carbons (Fsp3) is 0.478. The molecular formula is C23H25F3N4O3. The van der Waals surface area contributed by atoms with Crippen molar-refractivity contribution in [1.29, 1.82) is 0 Å². The maximum absolute atomic E-state index is 13.6. The van der Waals surface area contributed by atoms with Crippen LogP contribution in [-0.4, -0.2) is 31.0 Å². The van der Waals surface area contributed by atoms with Crippen LogP contribution in [-0.2, 0) is 36.8 Å². The fourth-order valence-electron chi connectivity index (χ4n) is 4.31. The summed E-state index contributed by atoms with van der Waals surface area (Å²) in [6.45, 7) is 7.12. The normalized spacial score (nSPS) is 15.5. The lowest BCUT2D eigenvalue weighted by Gasteiger charge is -2.30. The number of hydrogen-bond donors (Lipinski definition) is 1. The van der Waals surface area contributed by atoms with E-state index in [-0.39, 0.29) is 34.7 Å². The van der Waals surface area contributed by atoms with Crippen molar-refractivity contribution in [3.05, 3.63) is 40.6 Å². The smallest absolute Gasteiger partial charge is 0.416 e. The number of benzene rings is 1. The maximum Gasteiger partial charge on any atom is 0.416 e. The number of carboxylic acids is 1. The molecular weight excluding hydrogens is 437 g/mol. The van der Waals surface area contributed by atoms with Gasteiger partial charge in [0.15, 0.2) is 5.69 Å². The number of hydrogen-bond acceptors (Lipinski definition) is 5. The molecule has 0 spiro atoms. The van der Waals surface area contributed by atoms with Crippen molar-refractivity contribution >= 4 is 5.97 Å². The van der Waals surface area contributed by atoms with E-state index in [9.17, 15) is 18.0 Å². The number of carboxylic acid groups (broad SMARTS) is 1. The lowest BCUT2D eigenvalue weighted by Crippen LogP contribution is -2.24. The van der Waals surface area contributed by atoms with Crippen LogP contribution in [0, 0.1) is 5.41 Å². The van der Waals surface area contributed by atoms with E-state index in [1.165, 1.54) is 12.1 Å². The van der Waals surface area contributed by atoms with E-state index in [1.54, 1.807) is 0 Å². The van der Waals surface area contributed by atoms with Crippen molar-refractivity contribution in [2.75, 3.05) is 0 Å². The molecule has 0 unspecified atom stereocenters. The molecule has 10 heteroatoms. The van der Waals surface area contributed by atoms with Crippen molar-refractivity contribution in [2.24, 2.45) is 5.41 Å². The Bertz CT molecular complexity index is 1190. The Morgan fingerprint density at radius 2 is 2.06 bits per heavy atom. The summed E-state index contributed by atoms with van der Waals surface area (Å²) in [6, 6.07) is 3.66. The third kappa shape index (κ3) is 4.65. The van der Waals surface area contributed by atoms with Crippen LogP contribution in [0.1, 0.15) is 56.0 Å². The Kier molecular flexibility index (Phi) is 5.79. The molecule has 33 heavy (non-hydrogen) atoms. The molecule has 2 heterocycles. The molecule has 0 atom stereocenters. The van der Waals surface area contributed by atoms with Gasteiger partial charge in [0.2, 0.25) is 5.82 Å². The number of carbonyl (C=O) groups is 1. The first-order valence-corrected chi connectivity index (χ1v) is 10.8. The summed E-state index contributed by atoms with van der Waals surface area (Å²) in [6.07, 6.45) is -2.59. The number of alkyl halides is 3. The van der Waals surface area contributed by atoms with Crippen LogP contribution < -0.4 is 0 Å². The lowest BCUT2D eigenvalue weighted by atomic mass is 9.76. The van der Waals surface area contributed by atoms with Gasteiger partial charge < -0.3 is 9.63 Å².